The van der Waals surface area contributed by atoms with Gasteiger partial charge in [-0.05, 0) is 24.3 Å². The molecule has 0 bridgehead atoms. The molecule has 0 saturated heterocycles. The summed E-state index contributed by atoms with van der Waals surface area (Å²) in [5.74, 6) is 1.37. The Hall–Kier alpha value is -2.12. The predicted molar refractivity (Wildman–Crippen MR) is 97.7 cm³/mol. The third kappa shape index (κ3) is 4.24. The number of sulfonamides is 1. The second-order valence-electron chi connectivity index (χ2n) is 4.72. The van der Waals surface area contributed by atoms with Crippen LogP contribution in [-0.2, 0) is 10.0 Å². The lowest BCUT2D eigenvalue weighted by atomic mass is 10.3. The Labute approximate surface area is 146 Å². The van der Waals surface area contributed by atoms with Gasteiger partial charge in [-0.3, -0.25) is 4.72 Å². The highest BCUT2D eigenvalue weighted by Crippen LogP contribution is 2.32. The van der Waals surface area contributed by atoms with Crippen molar-refractivity contribution < 1.29 is 17.9 Å². The summed E-state index contributed by atoms with van der Waals surface area (Å²) in [7, 11) is -0.926. The summed E-state index contributed by atoms with van der Waals surface area (Å²) in [6.07, 6.45) is 1.76. The number of nitrogens with one attached hydrogen (secondary N) is 1. The molecule has 0 aliphatic heterocycles. The van der Waals surface area contributed by atoms with Gasteiger partial charge in [0, 0.05) is 16.7 Å². The van der Waals surface area contributed by atoms with Gasteiger partial charge in [0.05, 0.1) is 19.9 Å². The summed E-state index contributed by atoms with van der Waals surface area (Å²) in [6.45, 7) is 3.68. The van der Waals surface area contributed by atoms with E-state index in [1.54, 1.807) is 30.3 Å². The largest absolute Gasteiger partial charge is 0.497 e. The number of hydrogen-bond donors (Lipinski definition) is 1. The van der Waals surface area contributed by atoms with E-state index >= 15 is 0 Å². The van der Waals surface area contributed by atoms with Gasteiger partial charge in [0.1, 0.15) is 16.4 Å². The van der Waals surface area contributed by atoms with Crippen molar-refractivity contribution in [1.82, 2.24) is 0 Å². The third-order valence-corrected chi connectivity index (χ3v) is 5.60. The fourth-order valence-corrected chi connectivity index (χ4v) is 4.10. The second-order valence-corrected chi connectivity index (χ2v) is 7.43. The average Bonchev–Trinajstić information content (AvgIpc) is 2.60. The molecule has 0 heterocycles. The van der Waals surface area contributed by atoms with Gasteiger partial charge < -0.3 is 9.47 Å². The zero-order chi connectivity index (χ0) is 17.6. The second kappa shape index (κ2) is 8.12. The predicted octanol–water partition coefficient (Wildman–Crippen LogP) is 3.78. The lowest BCUT2D eigenvalue weighted by Gasteiger charge is -2.14. The smallest absolute Gasteiger partial charge is 0.265 e. The Balaban J connectivity index is 2.41. The first-order valence-electron chi connectivity index (χ1n) is 7.09. The van der Waals surface area contributed by atoms with Crippen LogP contribution in [0.25, 0.3) is 0 Å². The molecule has 0 saturated carbocycles. The average molecular weight is 365 g/mol. The molecule has 0 aliphatic carbocycles. The van der Waals surface area contributed by atoms with E-state index in [2.05, 4.69) is 11.3 Å². The molecule has 0 unspecified atom stereocenters. The number of benzene rings is 2. The Morgan fingerprint density at radius 2 is 1.92 bits per heavy atom. The third-order valence-electron chi connectivity index (χ3n) is 3.15. The van der Waals surface area contributed by atoms with Gasteiger partial charge in [0.2, 0.25) is 0 Å². The molecule has 128 valence electrons. The van der Waals surface area contributed by atoms with Crippen LogP contribution < -0.4 is 14.2 Å². The molecule has 2 aromatic carbocycles. The Morgan fingerprint density at radius 3 is 2.58 bits per heavy atom. The minimum absolute atomic E-state index is 0.0212. The first-order valence-corrected chi connectivity index (χ1v) is 9.56. The maximum Gasteiger partial charge on any atom is 0.265 e. The van der Waals surface area contributed by atoms with Crippen molar-refractivity contribution in [2.75, 3.05) is 24.7 Å². The maximum absolute atomic E-state index is 12.8. The topological polar surface area (TPSA) is 64.6 Å². The van der Waals surface area contributed by atoms with Crippen molar-refractivity contribution in [2.24, 2.45) is 0 Å². The summed E-state index contributed by atoms with van der Waals surface area (Å²) in [5.41, 5.74) is 0.509. The van der Waals surface area contributed by atoms with Gasteiger partial charge in [0.15, 0.2) is 0 Å². The van der Waals surface area contributed by atoms with Crippen LogP contribution in [0.3, 0.4) is 0 Å². The number of thioether (sulfide) groups is 1. The van der Waals surface area contributed by atoms with E-state index in [1.807, 2.05) is 12.1 Å². The molecule has 24 heavy (non-hydrogen) atoms. The van der Waals surface area contributed by atoms with Crippen LogP contribution in [0, 0.1) is 0 Å². The van der Waals surface area contributed by atoms with Crippen molar-refractivity contribution in [3.8, 4) is 11.5 Å². The normalized spacial score (nSPS) is 10.9. The molecule has 1 N–H and O–H groups in total. The Kier molecular flexibility index (Phi) is 6.16. The number of anilines is 1. The molecule has 0 aliphatic rings. The molecule has 0 radical (unpaired) electrons. The summed E-state index contributed by atoms with van der Waals surface area (Å²) >= 11 is 1.50. The Morgan fingerprint density at radius 1 is 1.17 bits per heavy atom. The fourth-order valence-electron chi connectivity index (χ4n) is 2.02. The molecule has 5 nitrogen and oxygen atoms in total. The van der Waals surface area contributed by atoms with Crippen LogP contribution in [-0.4, -0.2) is 28.4 Å². The van der Waals surface area contributed by atoms with Crippen LogP contribution in [0.4, 0.5) is 5.69 Å². The van der Waals surface area contributed by atoms with E-state index in [1.165, 1.54) is 32.0 Å². The van der Waals surface area contributed by atoms with Crippen molar-refractivity contribution in [1.29, 1.82) is 0 Å². The molecule has 0 aromatic heterocycles. The summed E-state index contributed by atoms with van der Waals surface area (Å²) in [5, 5.41) is 0. The van der Waals surface area contributed by atoms with Crippen LogP contribution >= 0.6 is 11.8 Å². The Bertz CT molecular complexity index is 819. The molecule has 2 rings (SSSR count). The molecule has 2 aromatic rings. The number of hydrogen-bond acceptors (Lipinski definition) is 5. The maximum atomic E-state index is 12.8. The molecule has 0 amide bonds. The number of para-hydroxylation sites is 1. The van der Waals surface area contributed by atoms with Crippen molar-refractivity contribution in [3.05, 3.63) is 55.1 Å². The SMILES string of the molecule is C=CCSc1ccccc1NS(=O)(=O)c1cc(OC)ccc1OC. The molecule has 7 heteroatoms. The highest BCUT2D eigenvalue weighted by molar-refractivity contribution is 7.99. The zero-order valence-corrected chi connectivity index (χ0v) is 15.1. The first-order chi connectivity index (χ1) is 11.5. The lowest BCUT2D eigenvalue weighted by Crippen LogP contribution is -2.14. The van der Waals surface area contributed by atoms with Gasteiger partial charge >= 0.3 is 0 Å². The molecular formula is C17H19NO4S2. The van der Waals surface area contributed by atoms with Crippen LogP contribution in [0.1, 0.15) is 0 Å². The number of methoxy groups -OCH3 is 2. The molecule has 0 fully saturated rings. The number of ether oxygens (including phenoxy) is 2. The van der Waals surface area contributed by atoms with E-state index in [-0.39, 0.29) is 10.6 Å². The molecule has 0 atom stereocenters. The van der Waals surface area contributed by atoms with Crippen molar-refractivity contribution in [3.63, 3.8) is 0 Å². The van der Waals surface area contributed by atoms with E-state index in [9.17, 15) is 8.42 Å². The minimum atomic E-state index is -3.83. The van der Waals surface area contributed by atoms with Crippen molar-refractivity contribution >= 4 is 27.5 Å². The molecule has 0 spiro atoms. The van der Waals surface area contributed by atoms with Gasteiger partial charge in [-0.1, -0.05) is 18.2 Å². The van der Waals surface area contributed by atoms with Crippen LogP contribution in [0.2, 0.25) is 0 Å². The monoisotopic (exact) mass is 365 g/mol. The van der Waals surface area contributed by atoms with Gasteiger partial charge in [-0.15, -0.1) is 18.3 Å². The van der Waals surface area contributed by atoms with Gasteiger partial charge in [-0.2, -0.15) is 0 Å². The van der Waals surface area contributed by atoms with E-state index in [0.29, 0.717) is 17.2 Å². The minimum Gasteiger partial charge on any atom is -0.497 e. The van der Waals surface area contributed by atoms with Gasteiger partial charge in [-0.25, -0.2) is 8.42 Å². The van der Waals surface area contributed by atoms with Crippen molar-refractivity contribution in [2.45, 2.75) is 9.79 Å². The van der Waals surface area contributed by atoms with Gasteiger partial charge in [0.25, 0.3) is 10.0 Å². The van der Waals surface area contributed by atoms with E-state index in [0.717, 1.165) is 4.90 Å². The number of rotatable bonds is 8. The quantitative estimate of drug-likeness (QED) is 0.570. The van der Waals surface area contributed by atoms with E-state index in [4.69, 9.17) is 9.47 Å². The van der Waals surface area contributed by atoms with Crippen LogP contribution in [0.15, 0.2) is 64.9 Å². The first kappa shape index (κ1) is 18.2. The summed E-state index contributed by atoms with van der Waals surface area (Å²) in [6, 6.07) is 11.8. The van der Waals surface area contributed by atoms with E-state index < -0.39 is 10.0 Å². The summed E-state index contributed by atoms with van der Waals surface area (Å²) in [4.78, 5) is 0.843. The van der Waals surface area contributed by atoms with Crippen LogP contribution in [0.5, 0.6) is 11.5 Å². The highest BCUT2D eigenvalue weighted by atomic mass is 32.2. The molecular weight excluding hydrogens is 346 g/mol. The fraction of sp³-hybridized carbons (Fsp3) is 0.176. The standard InChI is InChI=1S/C17H19NO4S2/c1-4-11-23-16-8-6-5-7-14(16)18-24(19,20)17-12-13(21-2)9-10-15(17)22-3/h4-10,12,18H,1,11H2,2-3H3. The zero-order valence-electron chi connectivity index (χ0n) is 13.5. The summed E-state index contributed by atoms with van der Waals surface area (Å²) < 4.78 is 38.5. The highest BCUT2D eigenvalue weighted by Gasteiger charge is 2.21. The lowest BCUT2D eigenvalue weighted by molar-refractivity contribution is 0.392.